The second-order valence-electron chi connectivity index (χ2n) is 5.03. The van der Waals surface area contributed by atoms with E-state index in [2.05, 4.69) is 4.98 Å². The maximum absolute atomic E-state index is 12.8. The van der Waals surface area contributed by atoms with Gasteiger partial charge in [-0.15, -0.1) is 0 Å². The third kappa shape index (κ3) is 3.30. The topological polar surface area (TPSA) is 42.1 Å². The number of anilines is 2. The van der Waals surface area contributed by atoms with Crippen LogP contribution in [-0.2, 0) is 6.18 Å². The molecule has 1 atom stereocenters. The Morgan fingerprint density at radius 3 is 2.68 bits per heavy atom. The van der Waals surface area contributed by atoms with Crippen molar-refractivity contribution in [2.45, 2.75) is 44.8 Å². The summed E-state index contributed by atoms with van der Waals surface area (Å²) in [6.45, 7) is 2.75. The molecule has 1 aliphatic heterocycles. The summed E-state index contributed by atoms with van der Waals surface area (Å²) in [6, 6.07) is 2.17. The van der Waals surface area contributed by atoms with E-state index >= 15 is 0 Å². The molecule has 0 aliphatic carbocycles. The molecule has 0 amide bonds. The van der Waals surface area contributed by atoms with Crippen molar-refractivity contribution in [2.24, 2.45) is 0 Å². The smallest absolute Gasteiger partial charge is 0.384 e. The molecule has 19 heavy (non-hydrogen) atoms. The van der Waals surface area contributed by atoms with Gasteiger partial charge in [0.05, 0.1) is 5.56 Å². The molecule has 0 saturated carbocycles. The van der Waals surface area contributed by atoms with Crippen LogP contribution < -0.4 is 10.6 Å². The first kappa shape index (κ1) is 14.0. The molecule has 1 saturated heterocycles. The van der Waals surface area contributed by atoms with Crippen LogP contribution in [0.25, 0.3) is 0 Å². The molecule has 1 aliphatic rings. The third-order valence-electron chi connectivity index (χ3n) is 3.51. The predicted octanol–water partition coefficient (Wildman–Crippen LogP) is 3.45. The molecule has 1 fully saturated rings. The van der Waals surface area contributed by atoms with E-state index in [0.717, 1.165) is 44.4 Å². The molecule has 1 unspecified atom stereocenters. The highest BCUT2D eigenvalue weighted by Crippen LogP contribution is 2.33. The first-order valence-electron chi connectivity index (χ1n) is 6.49. The highest BCUT2D eigenvalue weighted by molar-refractivity contribution is 5.50. The van der Waals surface area contributed by atoms with E-state index in [1.165, 1.54) is 0 Å². The Morgan fingerprint density at radius 2 is 2.00 bits per heavy atom. The standard InChI is InChI=1S/C13H18F3N3/c1-9-5-3-2-4-6-19(9)12-8-10(13(14,15)16)7-11(17)18-12/h7-9H,2-6H2,1H3,(H2,17,18). The number of halogens is 3. The van der Waals surface area contributed by atoms with Gasteiger partial charge in [-0.3, -0.25) is 0 Å². The van der Waals surface area contributed by atoms with E-state index in [9.17, 15) is 13.2 Å². The van der Waals surface area contributed by atoms with Gasteiger partial charge in [0.25, 0.3) is 0 Å². The molecule has 0 bridgehead atoms. The zero-order valence-electron chi connectivity index (χ0n) is 10.9. The van der Waals surface area contributed by atoms with Crippen LogP contribution in [0.2, 0.25) is 0 Å². The van der Waals surface area contributed by atoms with Gasteiger partial charge in [0, 0.05) is 12.6 Å². The van der Waals surface area contributed by atoms with E-state index in [0.29, 0.717) is 5.82 Å². The maximum atomic E-state index is 12.8. The fourth-order valence-corrected chi connectivity index (χ4v) is 2.46. The van der Waals surface area contributed by atoms with E-state index in [-0.39, 0.29) is 11.9 Å². The van der Waals surface area contributed by atoms with Gasteiger partial charge in [0.1, 0.15) is 11.6 Å². The second-order valence-corrected chi connectivity index (χ2v) is 5.03. The summed E-state index contributed by atoms with van der Waals surface area (Å²) in [7, 11) is 0. The Hall–Kier alpha value is -1.46. The molecule has 1 aromatic rings. The van der Waals surface area contributed by atoms with Crippen molar-refractivity contribution in [1.82, 2.24) is 4.98 Å². The Bertz CT molecular complexity index is 445. The molecule has 0 aromatic carbocycles. The lowest BCUT2D eigenvalue weighted by Gasteiger charge is -2.29. The molecule has 2 N–H and O–H groups in total. The zero-order chi connectivity index (χ0) is 14.0. The fourth-order valence-electron chi connectivity index (χ4n) is 2.46. The average molecular weight is 273 g/mol. The van der Waals surface area contributed by atoms with E-state index in [1.54, 1.807) is 0 Å². The number of nitrogen functional groups attached to an aromatic ring is 1. The maximum Gasteiger partial charge on any atom is 0.416 e. The van der Waals surface area contributed by atoms with Crippen LogP contribution in [0, 0.1) is 0 Å². The first-order valence-corrected chi connectivity index (χ1v) is 6.49. The lowest BCUT2D eigenvalue weighted by atomic mass is 10.1. The van der Waals surface area contributed by atoms with E-state index < -0.39 is 11.7 Å². The monoisotopic (exact) mass is 273 g/mol. The van der Waals surface area contributed by atoms with Gasteiger partial charge in [0.2, 0.25) is 0 Å². The minimum atomic E-state index is -4.39. The largest absolute Gasteiger partial charge is 0.416 e. The lowest BCUT2D eigenvalue weighted by Crippen LogP contribution is -2.33. The molecule has 0 spiro atoms. The van der Waals surface area contributed by atoms with Crippen molar-refractivity contribution in [3.05, 3.63) is 17.7 Å². The fraction of sp³-hybridized carbons (Fsp3) is 0.615. The molecular formula is C13H18F3N3. The van der Waals surface area contributed by atoms with E-state index in [4.69, 9.17) is 5.73 Å². The van der Waals surface area contributed by atoms with Crippen molar-refractivity contribution >= 4 is 11.6 Å². The summed E-state index contributed by atoms with van der Waals surface area (Å²) >= 11 is 0. The van der Waals surface area contributed by atoms with Crippen molar-refractivity contribution in [1.29, 1.82) is 0 Å². The highest BCUT2D eigenvalue weighted by Gasteiger charge is 2.32. The minimum Gasteiger partial charge on any atom is -0.384 e. The second kappa shape index (κ2) is 5.27. The summed E-state index contributed by atoms with van der Waals surface area (Å²) in [5.41, 5.74) is 4.78. The molecule has 2 heterocycles. The normalized spacial score (nSPS) is 21.3. The molecule has 1 aromatic heterocycles. The van der Waals surface area contributed by atoms with Crippen molar-refractivity contribution in [3.8, 4) is 0 Å². The van der Waals surface area contributed by atoms with Crippen LogP contribution in [0.4, 0.5) is 24.8 Å². The first-order chi connectivity index (χ1) is 8.88. The van der Waals surface area contributed by atoms with Gasteiger partial charge in [-0.25, -0.2) is 4.98 Å². The number of alkyl halides is 3. The summed E-state index contributed by atoms with van der Waals surface area (Å²) in [5, 5.41) is 0. The number of nitrogens with two attached hydrogens (primary N) is 1. The van der Waals surface area contributed by atoms with Gasteiger partial charge in [-0.1, -0.05) is 12.8 Å². The van der Waals surface area contributed by atoms with Gasteiger partial charge < -0.3 is 10.6 Å². The number of rotatable bonds is 1. The van der Waals surface area contributed by atoms with Gasteiger partial charge in [-0.05, 0) is 31.9 Å². The number of hydrogen-bond donors (Lipinski definition) is 1. The summed E-state index contributed by atoms with van der Waals surface area (Å²) in [6.07, 6.45) is -0.234. The number of nitrogens with zero attached hydrogens (tertiary/aromatic N) is 2. The van der Waals surface area contributed by atoms with Gasteiger partial charge >= 0.3 is 6.18 Å². The van der Waals surface area contributed by atoms with Crippen LogP contribution in [-0.4, -0.2) is 17.6 Å². The zero-order valence-corrected chi connectivity index (χ0v) is 10.9. The summed E-state index contributed by atoms with van der Waals surface area (Å²) in [5.74, 6) is 0.253. The third-order valence-corrected chi connectivity index (χ3v) is 3.51. The van der Waals surface area contributed by atoms with Crippen LogP contribution in [0.1, 0.15) is 38.2 Å². The molecule has 0 radical (unpaired) electrons. The number of pyridine rings is 1. The minimum absolute atomic E-state index is 0.0822. The Kier molecular flexibility index (Phi) is 3.87. The molecule has 6 heteroatoms. The Morgan fingerprint density at radius 1 is 1.26 bits per heavy atom. The Labute approximate surface area is 110 Å². The Balaban J connectivity index is 2.35. The van der Waals surface area contributed by atoms with Gasteiger partial charge in [0.15, 0.2) is 0 Å². The summed E-state index contributed by atoms with van der Waals surface area (Å²) in [4.78, 5) is 6.00. The highest BCUT2D eigenvalue weighted by atomic mass is 19.4. The van der Waals surface area contributed by atoms with Crippen LogP contribution in [0.15, 0.2) is 12.1 Å². The number of aromatic nitrogens is 1. The molecule has 106 valence electrons. The molecular weight excluding hydrogens is 255 g/mol. The van der Waals surface area contributed by atoms with Crippen LogP contribution in [0.5, 0.6) is 0 Å². The molecule has 2 rings (SSSR count). The lowest BCUT2D eigenvalue weighted by molar-refractivity contribution is -0.137. The predicted molar refractivity (Wildman–Crippen MR) is 68.9 cm³/mol. The summed E-state index contributed by atoms with van der Waals surface area (Å²) < 4.78 is 38.4. The average Bonchev–Trinajstić information content (AvgIpc) is 2.52. The van der Waals surface area contributed by atoms with E-state index in [1.807, 2.05) is 11.8 Å². The van der Waals surface area contributed by atoms with Crippen molar-refractivity contribution in [3.63, 3.8) is 0 Å². The quantitative estimate of drug-likeness (QED) is 0.852. The van der Waals surface area contributed by atoms with Crippen molar-refractivity contribution in [2.75, 3.05) is 17.2 Å². The van der Waals surface area contributed by atoms with Crippen LogP contribution in [0.3, 0.4) is 0 Å². The SMILES string of the molecule is CC1CCCCCN1c1cc(C(F)(F)F)cc(N)n1. The van der Waals surface area contributed by atoms with Crippen LogP contribution >= 0.6 is 0 Å². The number of hydrogen-bond acceptors (Lipinski definition) is 3. The molecule has 3 nitrogen and oxygen atoms in total. The van der Waals surface area contributed by atoms with Gasteiger partial charge in [-0.2, -0.15) is 13.2 Å². The van der Waals surface area contributed by atoms with Crippen molar-refractivity contribution < 1.29 is 13.2 Å².